The molecule has 1 fully saturated rings. The Morgan fingerprint density at radius 2 is 1.64 bits per heavy atom. The number of sulfonamides is 1. The van der Waals surface area contributed by atoms with Gasteiger partial charge in [0.15, 0.2) is 11.5 Å². The van der Waals surface area contributed by atoms with Crippen LogP contribution >= 0.6 is 0 Å². The molecular weight excluding hydrogens is 338 g/mol. The minimum atomic E-state index is -3.59. The van der Waals surface area contributed by atoms with Crippen molar-refractivity contribution in [3.05, 3.63) is 53.6 Å². The van der Waals surface area contributed by atoms with Crippen LogP contribution < -0.4 is 14.2 Å². The molecule has 0 heterocycles. The van der Waals surface area contributed by atoms with E-state index in [9.17, 15) is 8.42 Å². The predicted molar refractivity (Wildman–Crippen MR) is 96.6 cm³/mol. The van der Waals surface area contributed by atoms with E-state index in [1.807, 2.05) is 31.2 Å². The van der Waals surface area contributed by atoms with Crippen molar-refractivity contribution >= 4 is 10.0 Å². The van der Waals surface area contributed by atoms with Crippen LogP contribution in [0.15, 0.2) is 47.4 Å². The van der Waals surface area contributed by atoms with Crippen molar-refractivity contribution in [2.24, 2.45) is 0 Å². The molecular formula is C19H23NO4S. The van der Waals surface area contributed by atoms with Crippen LogP contribution in [0.5, 0.6) is 11.5 Å². The average molecular weight is 361 g/mol. The molecule has 0 amide bonds. The molecule has 0 saturated heterocycles. The number of hydrogen-bond donors (Lipinski definition) is 1. The Bertz CT molecular complexity index is 855. The molecule has 0 bridgehead atoms. The molecule has 2 aromatic rings. The molecule has 0 atom stereocenters. The number of aryl methyl sites for hydroxylation is 1. The summed E-state index contributed by atoms with van der Waals surface area (Å²) in [5.74, 6) is 1.22. The molecule has 5 nitrogen and oxygen atoms in total. The van der Waals surface area contributed by atoms with E-state index in [0.717, 1.165) is 30.4 Å². The van der Waals surface area contributed by atoms with Crippen molar-refractivity contribution in [2.75, 3.05) is 14.2 Å². The highest BCUT2D eigenvalue weighted by molar-refractivity contribution is 7.89. The highest BCUT2D eigenvalue weighted by Crippen LogP contribution is 2.48. The molecule has 0 spiro atoms. The molecule has 134 valence electrons. The molecule has 2 aromatic carbocycles. The first-order valence-electron chi connectivity index (χ1n) is 8.29. The predicted octanol–water partition coefficient (Wildman–Crippen LogP) is 3.23. The summed E-state index contributed by atoms with van der Waals surface area (Å²) < 4.78 is 39.0. The first-order valence-corrected chi connectivity index (χ1v) is 9.78. The lowest BCUT2D eigenvalue weighted by Crippen LogP contribution is -2.34. The molecule has 0 aromatic heterocycles. The fraction of sp³-hybridized carbons (Fsp3) is 0.368. The molecule has 1 aliphatic rings. The van der Waals surface area contributed by atoms with Gasteiger partial charge in [0.25, 0.3) is 0 Å². The van der Waals surface area contributed by atoms with Gasteiger partial charge in [0.2, 0.25) is 10.0 Å². The van der Waals surface area contributed by atoms with E-state index in [0.29, 0.717) is 11.5 Å². The molecule has 3 rings (SSSR count). The van der Waals surface area contributed by atoms with Crippen LogP contribution in [0.3, 0.4) is 0 Å². The van der Waals surface area contributed by atoms with E-state index < -0.39 is 15.6 Å². The molecule has 0 aliphatic heterocycles. The van der Waals surface area contributed by atoms with Crippen LogP contribution in [-0.4, -0.2) is 22.6 Å². The quantitative estimate of drug-likeness (QED) is 0.822. The van der Waals surface area contributed by atoms with Gasteiger partial charge < -0.3 is 9.47 Å². The number of ether oxygens (including phenoxy) is 2. The number of benzene rings is 2. The maximum atomic E-state index is 12.8. The van der Waals surface area contributed by atoms with Gasteiger partial charge in [0.05, 0.1) is 24.7 Å². The van der Waals surface area contributed by atoms with Crippen molar-refractivity contribution in [1.82, 2.24) is 4.72 Å². The third-order valence-corrected chi connectivity index (χ3v) is 6.21. The summed E-state index contributed by atoms with van der Waals surface area (Å²) in [5, 5.41) is 0. The van der Waals surface area contributed by atoms with Crippen LogP contribution in [0.2, 0.25) is 0 Å². The second kappa shape index (κ2) is 6.69. The second-order valence-corrected chi connectivity index (χ2v) is 7.94. The molecule has 1 N–H and O–H groups in total. The summed E-state index contributed by atoms with van der Waals surface area (Å²) in [5.41, 5.74) is 1.43. The third kappa shape index (κ3) is 3.50. The fourth-order valence-electron chi connectivity index (χ4n) is 2.93. The maximum absolute atomic E-state index is 12.8. The van der Waals surface area contributed by atoms with Crippen molar-refractivity contribution < 1.29 is 17.9 Å². The standard InChI is InChI=1S/C19H23NO4S/c1-4-14-5-8-16(9-6-14)25(21,22)20-19(11-12-19)15-7-10-17(23-2)18(13-15)24-3/h5-10,13,20H,4,11-12H2,1-3H3. The molecule has 1 aliphatic carbocycles. The maximum Gasteiger partial charge on any atom is 0.241 e. The van der Waals surface area contributed by atoms with Gasteiger partial charge in [0, 0.05) is 0 Å². The lowest BCUT2D eigenvalue weighted by Gasteiger charge is -2.20. The Morgan fingerprint density at radius 3 is 2.16 bits per heavy atom. The number of hydrogen-bond acceptors (Lipinski definition) is 4. The normalized spacial score (nSPS) is 15.6. The Balaban J connectivity index is 1.88. The summed E-state index contributed by atoms with van der Waals surface area (Å²) in [6, 6.07) is 12.6. The van der Waals surface area contributed by atoms with E-state index >= 15 is 0 Å². The molecule has 6 heteroatoms. The van der Waals surface area contributed by atoms with E-state index in [4.69, 9.17) is 9.47 Å². The first kappa shape index (κ1) is 17.8. The van der Waals surface area contributed by atoms with Gasteiger partial charge in [-0.1, -0.05) is 25.1 Å². The zero-order valence-electron chi connectivity index (χ0n) is 14.7. The number of methoxy groups -OCH3 is 2. The van der Waals surface area contributed by atoms with Crippen LogP contribution in [0.1, 0.15) is 30.9 Å². The van der Waals surface area contributed by atoms with Crippen molar-refractivity contribution in [3.63, 3.8) is 0 Å². The molecule has 0 radical (unpaired) electrons. The topological polar surface area (TPSA) is 64.6 Å². The first-order chi connectivity index (χ1) is 11.9. The van der Waals surface area contributed by atoms with Gasteiger partial charge in [-0.05, 0) is 54.7 Å². The third-order valence-electron chi connectivity index (χ3n) is 4.66. The number of nitrogens with one attached hydrogen (secondary N) is 1. The van der Waals surface area contributed by atoms with Gasteiger partial charge >= 0.3 is 0 Å². The lowest BCUT2D eigenvalue weighted by molar-refractivity contribution is 0.354. The molecule has 1 saturated carbocycles. The smallest absolute Gasteiger partial charge is 0.241 e. The van der Waals surface area contributed by atoms with Gasteiger partial charge in [-0.3, -0.25) is 0 Å². The van der Waals surface area contributed by atoms with Crippen molar-refractivity contribution in [2.45, 2.75) is 36.6 Å². The summed E-state index contributed by atoms with van der Waals surface area (Å²) in [4.78, 5) is 0.288. The Morgan fingerprint density at radius 1 is 1.00 bits per heavy atom. The van der Waals surface area contributed by atoms with Crippen LogP contribution in [-0.2, 0) is 22.0 Å². The van der Waals surface area contributed by atoms with Crippen molar-refractivity contribution in [3.8, 4) is 11.5 Å². The lowest BCUT2D eigenvalue weighted by atomic mass is 10.1. The van der Waals surface area contributed by atoms with Crippen LogP contribution in [0, 0.1) is 0 Å². The zero-order valence-corrected chi connectivity index (χ0v) is 15.5. The van der Waals surface area contributed by atoms with Crippen molar-refractivity contribution in [1.29, 1.82) is 0 Å². The molecule has 25 heavy (non-hydrogen) atoms. The fourth-order valence-corrected chi connectivity index (χ4v) is 4.38. The summed E-state index contributed by atoms with van der Waals surface area (Å²) in [7, 11) is -0.439. The summed E-state index contributed by atoms with van der Waals surface area (Å²) >= 11 is 0. The van der Waals surface area contributed by atoms with Gasteiger partial charge in [-0.2, -0.15) is 0 Å². The van der Waals surface area contributed by atoms with Crippen LogP contribution in [0.4, 0.5) is 0 Å². The monoisotopic (exact) mass is 361 g/mol. The van der Waals surface area contributed by atoms with E-state index in [-0.39, 0.29) is 4.90 Å². The largest absolute Gasteiger partial charge is 0.493 e. The van der Waals surface area contributed by atoms with Gasteiger partial charge in [0.1, 0.15) is 0 Å². The van der Waals surface area contributed by atoms with Gasteiger partial charge in [-0.25, -0.2) is 13.1 Å². The highest BCUT2D eigenvalue weighted by atomic mass is 32.2. The Labute approximate surface area is 149 Å². The number of rotatable bonds is 7. The minimum absolute atomic E-state index is 0.288. The second-order valence-electron chi connectivity index (χ2n) is 6.25. The van der Waals surface area contributed by atoms with Crippen LogP contribution in [0.25, 0.3) is 0 Å². The summed E-state index contributed by atoms with van der Waals surface area (Å²) in [6.07, 6.45) is 2.40. The minimum Gasteiger partial charge on any atom is -0.493 e. The van der Waals surface area contributed by atoms with Gasteiger partial charge in [-0.15, -0.1) is 0 Å². The average Bonchev–Trinajstić information content (AvgIpc) is 3.41. The van der Waals surface area contributed by atoms with E-state index in [1.165, 1.54) is 0 Å². The zero-order chi connectivity index (χ0) is 18.1. The molecule has 0 unspecified atom stereocenters. The summed E-state index contributed by atoms with van der Waals surface area (Å²) in [6.45, 7) is 2.04. The Kier molecular flexibility index (Phi) is 4.75. The highest BCUT2D eigenvalue weighted by Gasteiger charge is 2.48. The van der Waals surface area contributed by atoms with E-state index in [1.54, 1.807) is 32.4 Å². The van der Waals surface area contributed by atoms with E-state index in [2.05, 4.69) is 4.72 Å². The Hall–Kier alpha value is -2.05. The SMILES string of the molecule is CCc1ccc(S(=O)(=O)NC2(c3ccc(OC)c(OC)c3)CC2)cc1.